The molecule has 1 heterocycles. The number of unbranched alkanes of at least 4 members (excludes halogenated alkanes) is 22. The fraction of sp³-hybridized carbons (Fsp3) is 0.907. The van der Waals surface area contributed by atoms with E-state index in [1.165, 1.54) is 89.9 Å². The van der Waals surface area contributed by atoms with Crippen molar-refractivity contribution in [1.29, 1.82) is 0 Å². The molecule has 1 aliphatic rings. The Morgan fingerprint density at radius 1 is 0.470 bits per heavy atom. The Morgan fingerprint density at radius 3 is 1.21 bits per heavy atom. The molecule has 1 rings (SSSR count). The van der Waals surface area contributed by atoms with Crippen molar-refractivity contribution < 1.29 is 48.0 Å². The van der Waals surface area contributed by atoms with E-state index in [1.54, 1.807) is 0 Å². The molecule has 0 aromatic rings. The van der Waals surface area contributed by atoms with Crippen LogP contribution in [0.5, 0.6) is 0 Å². The second-order valence-electron chi connectivity index (χ2n) is 19.2. The maximum absolute atomic E-state index is 13.2. The molecule has 3 N–H and O–H groups in total. The number of carbonyl (C=O) groups excluding carboxylic acids is 5. The summed E-state index contributed by atoms with van der Waals surface area (Å²) in [6.45, 7) is 10.4. The summed E-state index contributed by atoms with van der Waals surface area (Å²) in [5.74, 6) is -1.60. The van der Waals surface area contributed by atoms with Crippen molar-refractivity contribution in [1.82, 2.24) is 10.6 Å². The van der Waals surface area contributed by atoms with E-state index >= 15 is 0 Å². The molecule has 12 heteroatoms. The first-order valence-electron chi connectivity index (χ1n) is 27.5. The third kappa shape index (κ3) is 33.7. The van der Waals surface area contributed by atoms with E-state index in [4.69, 9.17) is 18.9 Å². The van der Waals surface area contributed by atoms with Crippen molar-refractivity contribution >= 4 is 29.8 Å². The second-order valence-corrected chi connectivity index (χ2v) is 19.2. The number of aliphatic hydroxyl groups is 1. The SMILES string of the molecule is CCCCCCCCC(CCCCCC)C(=O)OCCCCCCOC(=O)CC[C@H](NC(=O)[C@@H]1C[C@@H](O)CN1)C(=O)OCCCCCCOC(=O)C(CCCCCC)CCCCCCCC. The van der Waals surface area contributed by atoms with Crippen molar-refractivity contribution in [3.05, 3.63) is 0 Å². The highest BCUT2D eigenvalue weighted by atomic mass is 16.5. The Hall–Kier alpha value is -2.73. The average Bonchev–Trinajstić information content (AvgIpc) is 3.76. The summed E-state index contributed by atoms with van der Waals surface area (Å²) >= 11 is 0. The number of rotatable bonds is 46. The Balaban J connectivity index is 2.41. The van der Waals surface area contributed by atoms with Gasteiger partial charge in [0.1, 0.15) is 6.04 Å². The molecule has 0 radical (unpaired) electrons. The van der Waals surface area contributed by atoms with Crippen LogP contribution in [0.25, 0.3) is 0 Å². The molecule has 0 saturated carbocycles. The van der Waals surface area contributed by atoms with Gasteiger partial charge in [-0.2, -0.15) is 0 Å². The minimum atomic E-state index is -1.03. The lowest BCUT2D eigenvalue weighted by Gasteiger charge is -2.20. The quantitative estimate of drug-likeness (QED) is 0.0302. The van der Waals surface area contributed by atoms with Crippen LogP contribution in [0, 0.1) is 11.8 Å². The molecule has 5 atom stereocenters. The first kappa shape index (κ1) is 61.3. The zero-order valence-electron chi connectivity index (χ0n) is 42.8. The highest BCUT2D eigenvalue weighted by Gasteiger charge is 2.32. The molecule has 386 valence electrons. The third-order valence-corrected chi connectivity index (χ3v) is 13.0. The summed E-state index contributed by atoms with van der Waals surface area (Å²) in [6, 6.07) is -1.66. The first-order chi connectivity index (χ1) is 32.2. The van der Waals surface area contributed by atoms with Gasteiger partial charge < -0.3 is 34.7 Å². The van der Waals surface area contributed by atoms with Gasteiger partial charge in [0.15, 0.2) is 0 Å². The molecule has 0 aromatic heterocycles. The van der Waals surface area contributed by atoms with E-state index in [-0.39, 0.29) is 56.3 Å². The van der Waals surface area contributed by atoms with Gasteiger partial charge in [-0.15, -0.1) is 0 Å². The van der Waals surface area contributed by atoms with E-state index in [0.717, 1.165) is 103 Å². The summed E-state index contributed by atoms with van der Waals surface area (Å²) in [4.78, 5) is 64.7. The van der Waals surface area contributed by atoms with Gasteiger partial charge in [0.2, 0.25) is 5.91 Å². The van der Waals surface area contributed by atoms with Crippen molar-refractivity contribution in [3.63, 3.8) is 0 Å². The maximum atomic E-state index is 13.2. The van der Waals surface area contributed by atoms with Crippen LogP contribution in [-0.2, 0) is 42.9 Å². The fourth-order valence-corrected chi connectivity index (χ4v) is 8.67. The highest BCUT2D eigenvalue weighted by molar-refractivity contribution is 5.88. The van der Waals surface area contributed by atoms with Crippen molar-refractivity contribution in [2.75, 3.05) is 33.0 Å². The zero-order chi connectivity index (χ0) is 48.3. The number of nitrogens with one attached hydrogen (secondary N) is 2. The number of ether oxygens (including phenoxy) is 4. The molecule has 0 aliphatic carbocycles. The van der Waals surface area contributed by atoms with E-state index in [1.807, 2.05) is 0 Å². The molecule has 0 aromatic carbocycles. The zero-order valence-corrected chi connectivity index (χ0v) is 42.8. The molecular formula is C54H100N2O10. The second kappa shape index (κ2) is 43.5. The number of aliphatic hydroxyl groups excluding tert-OH is 1. The van der Waals surface area contributed by atoms with Crippen molar-refractivity contribution in [2.45, 2.75) is 271 Å². The molecule has 66 heavy (non-hydrogen) atoms. The predicted molar refractivity (Wildman–Crippen MR) is 265 cm³/mol. The van der Waals surface area contributed by atoms with Crippen LogP contribution >= 0.6 is 0 Å². The Kier molecular flexibility index (Phi) is 40.4. The van der Waals surface area contributed by atoms with Gasteiger partial charge in [0.25, 0.3) is 0 Å². The summed E-state index contributed by atoms with van der Waals surface area (Å²) in [5, 5.41) is 15.6. The summed E-state index contributed by atoms with van der Waals surface area (Å²) < 4.78 is 22.5. The van der Waals surface area contributed by atoms with Crippen molar-refractivity contribution in [3.8, 4) is 0 Å². The number of β-amino-alcohol motifs (C(OH)–C–C–N with tert-alkyl or cyclic N) is 1. The number of amides is 1. The molecule has 0 bridgehead atoms. The Bertz CT molecular complexity index is 1220. The minimum absolute atomic E-state index is 0.00234. The fourth-order valence-electron chi connectivity index (χ4n) is 8.67. The summed E-state index contributed by atoms with van der Waals surface area (Å²) in [5.41, 5.74) is 0. The first-order valence-corrected chi connectivity index (χ1v) is 27.5. The van der Waals surface area contributed by atoms with Gasteiger partial charge in [0.05, 0.1) is 50.4 Å². The molecule has 1 aliphatic heterocycles. The maximum Gasteiger partial charge on any atom is 0.328 e. The van der Waals surface area contributed by atoms with Gasteiger partial charge >= 0.3 is 23.9 Å². The van der Waals surface area contributed by atoms with Crippen molar-refractivity contribution in [2.24, 2.45) is 11.8 Å². The van der Waals surface area contributed by atoms with Crippen LogP contribution in [0.15, 0.2) is 0 Å². The largest absolute Gasteiger partial charge is 0.466 e. The van der Waals surface area contributed by atoms with E-state index in [0.29, 0.717) is 32.6 Å². The van der Waals surface area contributed by atoms with Gasteiger partial charge in [-0.05, 0) is 89.9 Å². The van der Waals surface area contributed by atoms with Crippen LogP contribution in [0.2, 0.25) is 0 Å². The smallest absolute Gasteiger partial charge is 0.328 e. The molecule has 1 amide bonds. The predicted octanol–water partition coefficient (Wildman–Crippen LogP) is 11.9. The Morgan fingerprint density at radius 2 is 0.818 bits per heavy atom. The van der Waals surface area contributed by atoms with E-state index in [2.05, 4.69) is 38.3 Å². The lowest BCUT2D eigenvalue weighted by molar-refractivity contribution is -0.150. The molecule has 1 saturated heterocycles. The molecule has 0 spiro atoms. The number of esters is 4. The molecule has 1 fully saturated rings. The standard InChI is InChI=1S/C54H100N2O10/c1-5-9-13-17-19-27-35-45(33-25-15-11-7-3)52(60)64-40-30-22-21-29-39-63-50(58)38-37-48(56-51(59)49-43-47(57)44-55-49)54(62)66-42-32-24-23-31-41-65-53(61)46(34-26-16-12-8-4)36-28-20-18-14-10-6-2/h45-49,55,57H,5-44H2,1-4H3,(H,56,59)/t45?,46?,47-,48+,49+/m1/s1. The minimum Gasteiger partial charge on any atom is -0.466 e. The highest BCUT2D eigenvalue weighted by Crippen LogP contribution is 2.22. The van der Waals surface area contributed by atoms with Crippen LogP contribution < -0.4 is 10.6 Å². The van der Waals surface area contributed by atoms with Crippen LogP contribution in [0.3, 0.4) is 0 Å². The lowest BCUT2D eigenvalue weighted by Crippen LogP contribution is -2.49. The number of hydrogen-bond acceptors (Lipinski definition) is 11. The van der Waals surface area contributed by atoms with Gasteiger partial charge in [-0.3, -0.25) is 19.2 Å². The molecular weight excluding hydrogens is 837 g/mol. The lowest BCUT2D eigenvalue weighted by atomic mass is 9.94. The summed E-state index contributed by atoms with van der Waals surface area (Å²) in [7, 11) is 0. The van der Waals surface area contributed by atoms with Gasteiger partial charge in [0, 0.05) is 13.0 Å². The van der Waals surface area contributed by atoms with Crippen LogP contribution in [0.1, 0.15) is 252 Å². The van der Waals surface area contributed by atoms with Crippen LogP contribution in [0.4, 0.5) is 0 Å². The number of hydrogen-bond donors (Lipinski definition) is 3. The topological polar surface area (TPSA) is 167 Å². The normalized spacial score (nSPS) is 16.1. The van der Waals surface area contributed by atoms with E-state index < -0.39 is 36.0 Å². The Labute approximate surface area is 402 Å². The molecule has 2 unspecified atom stereocenters. The number of carbonyl (C=O) groups is 5. The van der Waals surface area contributed by atoms with Crippen LogP contribution in [-0.4, -0.2) is 86.1 Å². The monoisotopic (exact) mass is 937 g/mol. The van der Waals surface area contributed by atoms with Gasteiger partial charge in [-0.25, -0.2) is 4.79 Å². The third-order valence-electron chi connectivity index (χ3n) is 13.0. The van der Waals surface area contributed by atoms with E-state index in [9.17, 15) is 29.1 Å². The van der Waals surface area contributed by atoms with Gasteiger partial charge in [-0.1, -0.05) is 156 Å². The summed E-state index contributed by atoms with van der Waals surface area (Å²) in [6.07, 6.45) is 33.1. The molecule has 12 nitrogen and oxygen atoms in total. The average molecular weight is 937 g/mol.